The first-order chi connectivity index (χ1) is 20.1. The summed E-state index contributed by atoms with van der Waals surface area (Å²) in [7, 11) is 1.73. The van der Waals surface area contributed by atoms with Gasteiger partial charge in [-0.1, -0.05) is 12.1 Å². The highest BCUT2D eigenvalue weighted by Gasteiger charge is 2.28. The Morgan fingerprint density at radius 1 is 1.00 bits per heavy atom. The van der Waals surface area contributed by atoms with Crippen molar-refractivity contribution >= 4 is 47.0 Å². The van der Waals surface area contributed by atoms with E-state index in [-0.39, 0.29) is 18.7 Å². The van der Waals surface area contributed by atoms with Crippen molar-refractivity contribution < 1.29 is 24.0 Å². The van der Waals surface area contributed by atoms with E-state index in [4.69, 9.17) is 11.5 Å². The Morgan fingerprint density at radius 2 is 1.71 bits per heavy atom. The van der Waals surface area contributed by atoms with Gasteiger partial charge in [0.25, 0.3) is 5.91 Å². The number of para-hydroxylation sites is 1. The SMILES string of the molecule is CNc1ccccc1C(=O)NCCCC[C@H](NC(=O)[C@H](C)NC(=O)[C@H](Cc1cnc[nH]1)NC(=O)[C@H](N)CSC)C(N)=O. The molecule has 4 atom stereocenters. The van der Waals surface area contributed by atoms with E-state index in [2.05, 4.69) is 36.6 Å². The molecule has 0 saturated heterocycles. The molecule has 1 aromatic carbocycles. The zero-order chi connectivity index (χ0) is 31.1. The fraction of sp³-hybridized carbons (Fsp3) is 0.481. The number of aromatic amines is 1. The number of carbonyl (C=O) groups is 5. The van der Waals surface area contributed by atoms with Crippen molar-refractivity contribution in [3.8, 4) is 0 Å². The molecule has 0 aliphatic carbocycles. The van der Waals surface area contributed by atoms with Crippen molar-refractivity contribution in [2.45, 2.75) is 56.8 Å². The van der Waals surface area contributed by atoms with Crippen molar-refractivity contribution in [1.29, 1.82) is 0 Å². The first-order valence-corrected chi connectivity index (χ1v) is 14.9. The highest BCUT2D eigenvalue weighted by Crippen LogP contribution is 2.13. The van der Waals surface area contributed by atoms with Gasteiger partial charge in [0.05, 0.1) is 17.9 Å². The van der Waals surface area contributed by atoms with Crippen molar-refractivity contribution in [3.63, 3.8) is 0 Å². The summed E-state index contributed by atoms with van der Waals surface area (Å²) in [5.74, 6) is -2.30. The first-order valence-electron chi connectivity index (χ1n) is 13.5. The molecule has 1 aromatic heterocycles. The number of imidazole rings is 1. The molecule has 2 rings (SSSR count). The third kappa shape index (κ3) is 11.0. The van der Waals surface area contributed by atoms with Gasteiger partial charge in [0, 0.05) is 43.3 Å². The lowest BCUT2D eigenvalue weighted by molar-refractivity contribution is -0.133. The number of rotatable bonds is 18. The fourth-order valence-electron chi connectivity index (χ4n) is 3.99. The Labute approximate surface area is 249 Å². The van der Waals surface area contributed by atoms with Crippen LogP contribution in [0.3, 0.4) is 0 Å². The number of primary amides is 1. The Kier molecular flexibility index (Phi) is 14.3. The van der Waals surface area contributed by atoms with E-state index in [1.165, 1.54) is 31.2 Å². The summed E-state index contributed by atoms with van der Waals surface area (Å²) in [5.41, 5.74) is 13.2. The molecule has 230 valence electrons. The van der Waals surface area contributed by atoms with Crippen LogP contribution in [0.2, 0.25) is 0 Å². The molecule has 0 unspecified atom stereocenters. The van der Waals surface area contributed by atoms with Gasteiger partial charge in [-0.25, -0.2) is 4.98 Å². The summed E-state index contributed by atoms with van der Waals surface area (Å²) in [5, 5.41) is 13.6. The van der Waals surface area contributed by atoms with E-state index in [0.29, 0.717) is 42.1 Å². The number of hydrogen-bond donors (Lipinski definition) is 8. The third-order valence-corrected chi connectivity index (χ3v) is 7.05. The van der Waals surface area contributed by atoms with Gasteiger partial charge in [-0.05, 0) is 44.6 Å². The van der Waals surface area contributed by atoms with Crippen LogP contribution < -0.4 is 38.1 Å². The number of hydrogen-bond acceptors (Lipinski definition) is 9. The third-order valence-electron chi connectivity index (χ3n) is 6.35. The minimum Gasteiger partial charge on any atom is -0.387 e. The predicted molar refractivity (Wildman–Crippen MR) is 161 cm³/mol. The van der Waals surface area contributed by atoms with Crippen molar-refractivity contribution in [2.75, 3.05) is 30.9 Å². The number of unbranched alkanes of at least 4 members (excludes halogenated alkanes) is 1. The van der Waals surface area contributed by atoms with Gasteiger partial charge in [0.15, 0.2) is 0 Å². The Hall–Kier alpha value is -4.11. The van der Waals surface area contributed by atoms with E-state index >= 15 is 0 Å². The number of benzene rings is 1. The van der Waals surface area contributed by atoms with Crippen LogP contribution in [-0.2, 0) is 25.6 Å². The van der Waals surface area contributed by atoms with Gasteiger partial charge in [-0.3, -0.25) is 24.0 Å². The van der Waals surface area contributed by atoms with Crippen LogP contribution in [0.15, 0.2) is 36.8 Å². The van der Waals surface area contributed by atoms with Gasteiger partial charge < -0.3 is 43.0 Å². The maximum absolute atomic E-state index is 13.0. The Balaban J connectivity index is 1.87. The number of nitrogens with zero attached hydrogens (tertiary/aromatic N) is 1. The minimum absolute atomic E-state index is 0.0961. The number of nitrogens with two attached hydrogens (primary N) is 2. The summed E-state index contributed by atoms with van der Waals surface area (Å²) in [6, 6.07) is 3.28. The zero-order valence-electron chi connectivity index (χ0n) is 24.1. The van der Waals surface area contributed by atoms with Gasteiger partial charge in [-0.2, -0.15) is 11.8 Å². The molecule has 0 radical (unpaired) electrons. The summed E-state index contributed by atoms with van der Waals surface area (Å²) < 4.78 is 0. The summed E-state index contributed by atoms with van der Waals surface area (Å²) in [4.78, 5) is 69.6. The van der Waals surface area contributed by atoms with Crippen LogP contribution in [0.25, 0.3) is 0 Å². The van der Waals surface area contributed by atoms with Gasteiger partial charge in [0.2, 0.25) is 23.6 Å². The molecule has 0 bridgehead atoms. The van der Waals surface area contributed by atoms with Crippen LogP contribution in [0.4, 0.5) is 5.69 Å². The molecule has 10 N–H and O–H groups in total. The Morgan fingerprint density at radius 3 is 2.36 bits per heavy atom. The highest BCUT2D eigenvalue weighted by molar-refractivity contribution is 7.98. The second kappa shape index (κ2) is 17.6. The molecular formula is C27H41N9O5S. The zero-order valence-corrected chi connectivity index (χ0v) is 24.9. The number of thioether (sulfide) groups is 1. The number of anilines is 1. The second-order valence-electron chi connectivity index (χ2n) is 9.65. The van der Waals surface area contributed by atoms with Gasteiger partial charge in [-0.15, -0.1) is 0 Å². The average Bonchev–Trinajstić information content (AvgIpc) is 3.48. The van der Waals surface area contributed by atoms with Crippen LogP contribution in [0.5, 0.6) is 0 Å². The molecule has 0 saturated carbocycles. The van der Waals surface area contributed by atoms with Crippen molar-refractivity contribution in [3.05, 3.63) is 48.0 Å². The molecule has 5 amide bonds. The number of H-pyrrole nitrogens is 1. The largest absolute Gasteiger partial charge is 0.387 e. The van der Waals surface area contributed by atoms with E-state index in [9.17, 15) is 24.0 Å². The summed E-state index contributed by atoms with van der Waals surface area (Å²) in [6.07, 6.45) is 6.17. The van der Waals surface area contributed by atoms with Gasteiger partial charge >= 0.3 is 0 Å². The number of nitrogens with one attached hydrogen (secondary N) is 6. The average molecular weight is 604 g/mol. The van der Waals surface area contributed by atoms with Gasteiger partial charge in [0.1, 0.15) is 18.1 Å². The topological polar surface area (TPSA) is 226 Å². The van der Waals surface area contributed by atoms with E-state index in [0.717, 1.165) is 0 Å². The van der Waals surface area contributed by atoms with E-state index in [1.54, 1.807) is 25.2 Å². The summed E-state index contributed by atoms with van der Waals surface area (Å²) >= 11 is 1.40. The van der Waals surface area contributed by atoms with Crippen molar-refractivity contribution in [2.24, 2.45) is 11.5 Å². The fourth-order valence-corrected chi connectivity index (χ4v) is 4.50. The molecule has 0 aliphatic rings. The molecule has 2 aromatic rings. The normalized spacial score (nSPS) is 13.6. The van der Waals surface area contributed by atoms with Crippen LogP contribution in [-0.4, -0.2) is 89.3 Å². The number of aromatic nitrogens is 2. The molecular weight excluding hydrogens is 562 g/mol. The lowest BCUT2D eigenvalue weighted by Gasteiger charge is -2.23. The highest BCUT2D eigenvalue weighted by atomic mass is 32.2. The van der Waals surface area contributed by atoms with Crippen LogP contribution >= 0.6 is 11.8 Å². The number of amides is 5. The molecule has 14 nitrogen and oxygen atoms in total. The predicted octanol–water partition coefficient (Wildman–Crippen LogP) is -0.756. The number of carbonyl (C=O) groups excluding carboxylic acids is 5. The standard InChI is InChI=1S/C27H41N9O5S/c1-16(34-27(41)22(12-17-13-31-15-33-17)36-26(40)19(28)14-42-3)24(38)35-21(23(29)37)10-6-7-11-32-25(39)18-8-4-5-9-20(18)30-2/h4-5,8-9,13,15-16,19,21-22,30H,6-7,10-12,14,28H2,1-3H3,(H2,29,37)(H,31,33)(H,32,39)(H,34,41)(H,35,38)(H,36,40)/t16-,19+,21-,22-/m0/s1. The maximum atomic E-state index is 13.0. The maximum Gasteiger partial charge on any atom is 0.253 e. The van der Waals surface area contributed by atoms with E-state index in [1.807, 2.05) is 12.3 Å². The monoisotopic (exact) mass is 603 g/mol. The Bertz CT molecular complexity index is 1190. The molecule has 0 aliphatic heterocycles. The van der Waals surface area contributed by atoms with Crippen LogP contribution in [0.1, 0.15) is 42.2 Å². The molecule has 15 heteroatoms. The molecule has 0 spiro atoms. The summed E-state index contributed by atoms with van der Waals surface area (Å²) in [6.45, 7) is 1.82. The quantitative estimate of drug-likeness (QED) is 0.100. The molecule has 1 heterocycles. The van der Waals surface area contributed by atoms with Crippen LogP contribution in [0, 0.1) is 0 Å². The smallest absolute Gasteiger partial charge is 0.253 e. The molecule has 0 fully saturated rings. The first kappa shape index (κ1) is 34.1. The minimum atomic E-state index is -1.04. The lowest BCUT2D eigenvalue weighted by Crippen LogP contribution is -2.57. The lowest BCUT2D eigenvalue weighted by atomic mass is 10.1. The second-order valence-corrected chi connectivity index (χ2v) is 10.6. The molecule has 42 heavy (non-hydrogen) atoms. The van der Waals surface area contributed by atoms with E-state index < -0.39 is 47.8 Å². The van der Waals surface area contributed by atoms with Crippen molar-refractivity contribution in [1.82, 2.24) is 31.2 Å².